The number of aromatic nitrogens is 3. The molecule has 1 aromatic carbocycles. The van der Waals surface area contributed by atoms with E-state index < -0.39 is 0 Å². The lowest BCUT2D eigenvalue weighted by atomic mass is 10.2. The van der Waals surface area contributed by atoms with Crippen LogP contribution in [0.4, 0.5) is 0 Å². The van der Waals surface area contributed by atoms with Gasteiger partial charge in [0.2, 0.25) is 4.77 Å². The maximum absolute atomic E-state index is 9.84. The highest BCUT2D eigenvalue weighted by Gasteiger charge is 2.08. The topological polar surface area (TPSA) is 75.4 Å². The van der Waals surface area contributed by atoms with Crippen LogP contribution in [0.1, 0.15) is 18.3 Å². The van der Waals surface area contributed by atoms with Crippen molar-refractivity contribution >= 4 is 34.4 Å². The quantitative estimate of drug-likeness (QED) is 0.652. The summed E-state index contributed by atoms with van der Waals surface area (Å²) in [5, 5.41) is 20.7. The van der Waals surface area contributed by atoms with Gasteiger partial charge < -0.3 is 9.84 Å². The number of phenols is 1. The molecular weight excluding hydrogens is 344 g/mol. The van der Waals surface area contributed by atoms with Gasteiger partial charge in [0.05, 0.1) is 17.3 Å². The van der Waals surface area contributed by atoms with Crippen molar-refractivity contribution < 1.29 is 9.84 Å². The number of ether oxygens (including phenoxy) is 1. The van der Waals surface area contributed by atoms with Gasteiger partial charge in [-0.1, -0.05) is 0 Å². The Bertz CT molecular complexity index is 708. The molecule has 1 heterocycles. The second-order valence-corrected chi connectivity index (χ2v) is 5.16. The first kappa shape index (κ1) is 14.7. The number of nitrogens with one attached hydrogen (secondary N) is 1. The third kappa shape index (κ3) is 3.07. The minimum absolute atomic E-state index is 0.0695. The molecule has 0 bridgehead atoms. The molecule has 0 spiro atoms. The molecule has 0 atom stereocenters. The number of H-pyrrole nitrogens is 1. The first-order valence-corrected chi connectivity index (χ1v) is 7.06. The van der Waals surface area contributed by atoms with Gasteiger partial charge in [0.1, 0.15) is 5.82 Å². The number of rotatable bonds is 4. The fourth-order valence-corrected chi connectivity index (χ4v) is 2.25. The lowest BCUT2D eigenvalue weighted by Gasteiger charge is -2.08. The molecule has 2 aromatic rings. The van der Waals surface area contributed by atoms with E-state index in [0.717, 1.165) is 5.56 Å². The van der Waals surface area contributed by atoms with Gasteiger partial charge in [0.25, 0.3) is 0 Å². The molecule has 106 valence electrons. The summed E-state index contributed by atoms with van der Waals surface area (Å²) in [5.41, 5.74) is 0.764. The lowest BCUT2D eigenvalue weighted by molar-refractivity contribution is 0.317. The number of aryl methyl sites for hydroxylation is 1. The maximum Gasteiger partial charge on any atom is 0.216 e. The third-order valence-corrected chi connectivity index (χ3v) is 3.35. The normalized spacial score (nSPS) is 11.2. The number of phenolic OH excluding ortho intramolecular Hbond substituents is 1. The van der Waals surface area contributed by atoms with Gasteiger partial charge in [-0.25, -0.2) is 0 Å². The molecule has 0 radical (unpaired) electrons. The van der Waals surface area contributed by atoms with Gasteiger partial charge >= 0.3 is 0 Å². The number of aromatic amines is 1. The number of hydrogen-bond acceptors (Lipinski definition) is 5. The summed E-state index contributed by atoms with van der Waals surface area (Å²) < 4.78 is 7.82. The van der Waals surface area contributed by atoms with Crippen molar-refractivity contribution in [3.8, 4) is 11.5 Å². The molecule has 0 aliphatic rings. The van der Waals surface area contributed by atoms with Crippen LogP contribution >= 0.6 is 28.1 Å². The van der Waals surface area contributed by atoms with Gasteiger partial charge in [-0.3, -0.25) is 5.10 Å². The Kier molecular flexibility index (Phi) is 4.56. The SMILES string of the molecule is CCOc1cc(/C=N/n2c(C)n[nH]c2=S)cc(Br)c1O. The van der Waals surface area contributed by atoms with Crippen LogP contribution in [0.2, 0.25) is 0 Å². The molecule has 0 unspecified atom stereocenters. The predicted molar refractivity (Wildman–Crippen MR) is 82.1 cm³/mol. The predicted octanol–water partition coefficient (Wildman–Crippen LogP) is 3.00. The second kappa shape index (κ2) is 6.19. The Morgan fingerprint density at radius 3 is 2.95 bits per heavy atom. The van der Waals surface area contributed by atoms with Gasteiger partial charge in [0, 0.05) is 0 Å². The Hall–Kier alpha value is -1.67. The summed E-state index contributed by atoms with van der Waals surface area (Å²) in [4.78, 5) is 0. The van der Waals surface area contributed by atoms with E-state index in [0.29, 0.717) is 27.4 Å². The van der Waals surface area contributed by atoms with E-state index >= 15 is 0 Å². The molecule has 1 aromatic heterocycles. The Morgan fingerprint density at radius 1 is 1.60 bits per heavy atom. The number of halogens is 1. The van der Waals surface area contributed by atoms with E-state index in [9.17, 15) is 5.11 Å². The number of benzene rings is 1. The third-order valence-electron chi connectivity index (χ3n) is 2.49. The Morgan fingerprint density at radius 2 is 2.35 bits per heavy atom. The van der Waals surface area contributed by atoms with E-state index in [1.54, 1.807) is 25.3 Å². The lowest BCUT2D eigenvalue weighted by Crippen LogP contribution is -1.96. The summed E-state index contributed by atoms with van der Waals surface area (Å²) in [6.45, 7) is 4.11. The molecular formula is C12H13BrN4O2S. The summed E-state index contributed by atoms with van der Waals surface area (Å²) in [7, 11) is 0. The Balaban J connectivity index is 2.37. The van der Waals surface area contributed by atoms with Crippen molar-refractivity contribution in [3.05, 3.63) is 32.8 Å². The van der Waals surface area contributed by atoms with Crippen LogP contribution in [0.3, 0.4) is 0 Å². The standard InChI is InChI=1S/C12H13BrN4O2S/c1-3-19-10-5-8(4-9(13)11(10)18)6-14-17-7(2)15-16-12(17)20/h4-6,18H,3H2,1-2H3,(H,16,20)/b14-6+. The smallest absolute Gasteiger partial charge is 0.216 e. The van der Waals surface area contributed by atoms with Crippen LogP contribution in [-0.4, -0.2) is 32.8 Å². The fraction of sp³-hybridized carbons (Fsp3) is 0.250. The maximum atomic E-state index is 9.84. The highest BCUT2D eigenvalue weighted by Crippen LogP contribution is 2.35. The van der Waals surface area contributed by atoms with E-state index in [1.165, 1.54) is 4.68 Å². The van der Waals surface area contributed by atoms with E-state index in [4.69, 9.17) is 17.0 Å². The summed E-state index contributed by atoms with van der Waals surface area (Å²) in [6.07, 6.45) is 1.62. The van der Waals surface area contributed by atoms with Gasteiger partial charge in [-0.05, 0) is 59.7 Å². The largest absolute Gasteiger partial charge is 0.503 e. The molecule has 0 saturated heterocycles. The zero-order valence-electron chi connectivity index (χ0n) is 10.9. The van der Waals surface area contributed by atoms with Gasteiger partial charge in [-0.2, -0.15) is 14.9 Å². The number of hydrogen-bond donors (Lipinski definition) is 2. The second-order valence-electron chi connectivity index (χ2n) is 3.91. The zero-order chi connectivity index (χ0) is 14.7. The molecule has 0 amide bonds. The summed E-state index contributed by atoms with van der Waals surface area (Å²) in [5.74, 6) is 1.13. The first-order chi connectivity index (χ1) is 9.52. The highest BCUT2D eigenvalue weighted by atomic mass is 79.9. The van der Waals surface area contributed by atoms with Crippen molar-refractivity contribution in [1.29, 1.82) is 0 Å². The summed E-state index contributed by atoms with van der Waals surface area (Å²) >= 11 is 8.34. The molecule has 8 heteroatoms. The first-order valence-electron chi connectivity index (χ1n) is 5.86. The molecule has 0 aliphatic carbocycles. The number of aromatic hydroxyl groups is 1. The molecule has 0 fully saturated rings. The minimum Gasteiger partial charge on any atom is -0.503 e. The van der Waals surface area contributed by atoms with E-state index in [-0.39, 0.29) is 5.75 Å². The number of nitrogens with zero attached hydrogens (tertiary/aromatic N) is 3. The van der Waals surface area contributed by atoms with Crippen molar-refractivity contribution in [1.82, 2.24) is 14.9 Å². The van der Waals surface area contributed by atoms with Gasteiger partial charge in [-0.15, -0.1) is 0 Å². The fourth-order valence-electron chi connectivity index (χ4n) is 1.56. The van der Waals surface area contributed by atoms with Crippen LogP contribution in [0.25, 0.3) is 0 Å². The van der Waals surface area contributed by atoms with Crippen LogP contribution in [0, 0.1) is 11.7 Å². The Labute approximate surface area is 129 Å². The molecule has 6 nitrogen and oxygen atoms in total. The molecule has 0 aliphatic heterocycles. The molecule has 2 rings (SSSR count). The van der Waals surface area contributed by atoms with Crippen molar-refractivity contribution in [3.63, 3.8) is 0 Å². The van der Waals surface area contributed by atoms with Crippen LogP contribution < -0.4 is 4.74 Å². The van der Waals surface area contributed by atoms with Crippen molar-refractivity contribution in [2.24, 2.45) is 5.10 Å². The van der Waals surface area contributed by atoms with E-state index in [2.05, 4.69) is 31.2 Å². The molecule has 20 heavy (non-hydrogen) atoms. The van der Waals surface area contributed by atoms with Gasteiger partial charge in [0.15, 0.2) is 11.5 Å². The average Bonchev–Trinajstić information content (AvgIpc) is 2.72. The average molecular weight is 357 g/mol. The van der Waals surface area contributed by atoms with Crippen LogP contribution in [-0.2, 0) is 0 Å². The highest BCUT2D eigenvalue weighted by molar-refractivity contribution is 9.10. The van der Waals surface area contributed by atoms with Crippen molar-refractivity contribution in [2.45, 2.75) is 13.8 Å². The molecule has 0 saturated carbocycles. The minimum atomic E-state index is 0.0695. The molecule has 2 N–H and O–H groups in total. The van der Waals surface area contributed by atoms with Crippen LogP contribution in [0.5, 0.6) is 11.5 Å². The zero-order valence-corrected chi connectivity index (χ0v) is 13.3. The monoisotopic (exact) mass is 356 g/mol. The van der Waals surface area contributed by atoms with Crippen LogP contribution in [0.15, 0.2) is 21.7 Å². The van der Waals surface area contributed by atoms with E-state index in [1.807, 2.05) is 6.92 Å². The van der Waals surface area contributed by atoms with Crippen molar-refractivity contribution in [2.75, 3.05) is 6.61 Å². The summed E-state index contributed by atoms with van der Waals surface area (Å²) in [6, 6.07) is 3.44.